The Balaban J connectivity index is 1.62. The predicted molar refractivity (Wildman–Crippen MR) is 118 cm³/mol. The van der Waals surface area contributed by atoms with Crippen molar-refractivity contribution in [2.45, 2.75) is 31.0 Å². The fraction of sp³-hybridized carbons (Fsp3) is 0.409. The van der Waals surface area contributed by atoms with Crippen LogP contribution in [0.1, 0.15) is 36.4 Å². The third-order valence-corrected chi connectivity index (χ3v) is 6.90. The Morgan fingerprint density at radius 2 is 1.93 bits per heavy atom. The molecule has 0 aliphatic carbocycles. The van der Waals surface area contributed by atoms with E-state index in [2.05, 4.69) is 39.0 Å². The van der Waals surface area contributed by atoms with Crippen molar-refractivity contribution in [3.05, 3.63) is 57.0 Å². The van der Waals surface area contributed by atoms with Gasteiger partial charge in [-0.05, 0) is 36.9 Å². The van der Waals surface area contributed by atoms with E-state index in [1.165, 1.54) is 0 Å². The Hall–Kier alpha value is -1.76. The van der Waals surface area contributed by atoms with E-state index < -0.39 is 5.72 Å². The summed E-state index contributed by atoms with van der Waals surface area (Å²) in [6, 6.07) is 12.2. The van der Waals surface area contributed by atoms with E-state index >= 15 is 0 Å². The van der Waals surface area contributed by atoms with Gasteiger partial charge in [0.25, 0.3) is 0 Å². The number of methoxy groups -OCH3 is 1. The summed E-state index contributed by atoms with van der Waals surface area (Å²) < 4.78 is 13.4. The molecular formula is C22H23BrClN3O2. The SMILES string of the molecule is COc1cc(Br)cc2c1OC1(CCN(C)CC1)N1N=C(c3ccc(Cl)cc3)C[C@H]21. The van der Waals surface area contributed by atoms with Crippen LogP contribution in [0.5, 0.6) is 11.5 Å². The number of hydrogen-bond donors (Lipinski definition) is 0. The molecule has 1 fully saturated rings. The van der Waals surface area contributed by atoms with E-state index in [4.69, 9.17) is 26.2 Å². The van der Waals surface area contributed by atoms with Crippen molar-refractivity contribution in [2.75, 3.05) is 27.2 Å². The van der Waals surface area contributed by atoms with Crippen molar-refractivity contribution in [3.63, 3.8) is 0 Å². The van der Waals surface area contributed by atoms with Gasteiger partial charge >= 0.3 is 0 Å². The molecule has 3 aliphatic rings. The second-order valence-corrected chi connectivity index (χ2v) is 9.35. The van der Waals surface area contributed by atoms with Gasteiger partial charge in [0, 0.05) is 47.4 Å². The van der Waals surface area contributed by atoms with Crippen molar-refractivity contribution in [1.82, 2.24) is 9.91 Å². The molecule has 0 N–H and O–H groups in total. The van der Waals surface area contributed by atoms with E-state index in [-0.39, 0.29) is 6.04 Å². The van der Waals surface area contributed by atoms with Crippen LogP contribution in [0.4, 0.5) is 0 Å². The van der Waals surface area contributed by atoms with Crippen LogP contribution in [-0.2, 0) is 0 Å². The number of benzene rings is 2. The van der Waals surface area contributed by atoms with Crippen molar-refractivity contribution in [2.24, 2.45) is 5.10 Å². The monoisotopic (exact) mass is 475 g/mol. The quantitative estimate of drug-likeness (QED) is 0.606. The van der Waals surface area contributed by atoms with E-state index in [9.17, 15) is 0 Å². The molecule has 152 valence electrons. The molecule has 1 saturated heterocycles. The third-order valence-electron chi connectivity index (χ3n) is 6.19. The molecule has 29 heavy (non-hydrogen) atoms. The predicted octanol–water partition coefficient (Wildman–Crippen LogP) is 5.08. The van der Waals surface area contributed by atoms with Gasteiger partial charge in [-0.25, -0.2) is 5.01 Å². The van der Waals surface area contributed by atoms with Gasteiger partial charge in [-0.3, -0.25) is 0 Å². The molecule has 0 amide bonds. The molecule has 0 radical (unpaired) electrons. The molecule has 1 spiro atoms. The van der Waals surface area contributed by atoms with Crippen molar-refractivity contribution in [1.29, 1.82) is 0 Å². The molecule has 2 aromatic carbocycles. The Bertz CT molecular complexity index is 971. The largest absolute Gasteiger partial charge is 0.493 e. The number of halogens is 2. The highest BCUT2D eigenvalue weighted by molar-refractivity contribution is 9.10. The molecule has 0 unspecified atom stereocenters. The maximum Gasteiger partial charge on any atom is 0.200 e. The molecular weight excluding hydrogens is 454 g/mol. The number of rotatable bonds is 2. The van der Waals surface area contributed by atoms with Crippen molar-refractivity contribution in [3.8, 4) is 11.5 Å². The summed E-state index contributed by atoms with van der Waals surface area (Å²) in [4.78, 5) is 2.35. The zero-order valence-corrected chi connectivity index (χ0v) is 18.8. The second-order valence-electron chi connectivity index (χ2n) is 8.00. The van der Waals surface area contributed by atoms with Gasteiger partial charge in [0.2, 0.25) is 5.72 Å². The van der Waals surface area contributed by atoms with Crippen LogP contribution in [0.25, 0.3) is 0 Å². The van der Waals surface area contributed by atoms with E-state index in [1.807, 2.05) is 30.3 Å². The van der Waals surface area contributed by atoms with Gasteiger partial charge in [0.05, 0.1) is 18.9 Å². The minimum Gasteiger partial charge on any atom is -0.493 e. The standard InChI is InChI=1S/C22H23BrClN3O2/c1-26-9-7-22(8-10-26)27-19(13-18(25-27)14-3-5-16(24)6-4-14)17-11-15(23)12-20(28-2)21(17)29-22/h3-6,11-12,19H,7-10,13H2,1-2H3/t19-/m1/s1. The van der Waals surface area contributed by atoms with Gasteiger partial charge < -0.3 is 14.4 Å². The van der Waals surface area contributed by atoms with Gasteiger partial charge in [0.1, 0.15) is 0 Å². The summed E-state index contributed by atoms with van der Waals surface area (Å²) in [5.41, 5.74) is 2.85. The molecule has 3 heterocycles. The maximum absolute atomic E-state index is 6.73. The first-order valence-electron chi connectivity index (χ1n) is 9.87. The lowest BCUT2D eigenvalue weighted by Crippen LogP contribution is -2.58. The fourth-order valence-corrected chi connectivity index (χ4v) is 5.16. The van der Waals surface area contributed by atoms with Crippen LogP contribution in [0.3, 0.4) is 0 Å². The number of likely N-dealkylation sites (tertiary alicyclic amines) is 1. The first-order chi connectivity index (χ1) is 14.0. The molecule has 0 bridgehead atoms. The first-order valence-corrected chi connectivity index (χ1v) is 11.0. The van der Waals surface area contributed by atoms with Crippen LogP contribution < -0.4 is 9.47 Å². The minimum atomic E-state index is -0.445. The zero-order chi connectivity index (χ0) is 20.2. The lowest BCUT2D eigenvalue weighted by molar-refractivity contribution is -0.148. The summed E-state index contributed by atoms with van der Waals surface area (Å²) in [5.74, 6) is 1.63. The lowest BCUT2D eigenvalue weighted by atomic mass is 9.90. The first kappa shape index (κ1) is 19.2. The summed E-state index contributed by atoms with van der Waals surface area (Å²) in [6.45, 7) is 1.95. The maximum atomic E-state index is 6.73. The molecule has 5 rings (SSSR count). The Morgan fingerprint density at radius 1 is 1.21 bits per heavy atom. The van der Waals surface area contributed by atoms with Crippen LogP contribution in [0.15, 0.2) is 46.0 Å². The highest BCUT2D eigenvalue weighted by Crippen LogP contribution is 2.53. The van der Waals surface area contributed by atoms with E-state index in [0.717, 1.165) is 70.2 Å². The third kappa shape index (κ3) is 3.22. The van der Waals surface area contributed by atoms with Crippen LogP contribution in [0.2, 0.25) is 5.02 Å². The molecule has 5 nitrogen and oxygen atoms in total. The number of piperidine rings is 1. The minimum absolute atomic E-state index is 0.124. The van der Waals surface area contributed by atoms with Gasteiger partial charge in [-0.15, -0.1) is 0 Å². The molecule has 2 aromatic rings. The normalized spacial score (nSPS) is 22.7. The summed E-state index contributed by atoms with van der Waals surface area (Å²) in [7, 11) is 3.86. The number of nitrogens with zero attached hydrogens (tertiary/aromatic N) is 3. The number of fused-ring (bicyclic) bond motifs is 4. The molecule has 7 heteroatoms. The van der Waals surface area contributed by atoms with Gasteiger partial charge in [-0.2, -0.15) is 5.10 Å². The highest BCUT2D eigenvalue weighted by atomic mass is 79.9. The fourth-order valence-electron chi connectivity index (χ4n) is 4.58. The lowest BCUT2D eigenvalue weighted by Gasteiger charge is -2.51. The average molecular weight is 477 g/mol. The molecule has 0 aromatic heterocycles. The highest BCUT2D eigenvalue weighted by Gasteiger charge is 2.52. The molecule has 3 aliphatic heterocycles. The summed E-state index contributed by atoms with van der Waals surface area (Å²) in [5, 5.41) is 8.06. The Morgan fingerprint density at radius 3 is 2.62 bits per heavy atom. The Labute approximate surface area is 184 Å². The van der Waals surface area contributed by atoms with E-state index in [0.29, 0.717) is 0 Å². The van der Waals surface area contributed by atoms with Crippen molar-refractivity contribution < 1.29 is 9.47 Å². The smallest absolute Gasteiger partial charge is 0.200 e. The zero-order valence-electron chi connectivity index (χ0n) is 16.5. The second kappa shape index (κ2) is 7.18. The van der Waals surface area contributed by atoms with Crippen LogP contribution in [0, 0.1) is 0 Å². The van der Waals surface area contributed by atoms with E-state index in [1.54, 1.807) is 7.11 Å². The molecule has 0 saturated carbocycles. The van der Waals surface area contributed by atoms with Crippen molar-refractivity contribution >= 4 is 33.2 Å². The summed E-state index contributed by atoms with van der Waals surface area (Å²) in [6.07, 6.45) is 2.63. The number of hydrogen-bond acceptors (Lipinski definition) is 5. The number of ether oxygens (including phenoxy) is 2. The average Bonchev–Trinajstić information content (AvgIpc) is 3.18. The van der Waals surface area contributed by atoms with Crippen LogP contribution in [-0.4, -0.2) is 48.6 Å². The van der Waals surface area contributed by atoms with Gasteiger partial charge in [-0.1, -0.05) is 39.7 Å². The molecule has 1 atom stereocenters. The summed E-state index contributed by atoms with van der Waals surface area (Å²) >= 11 is 9.72. The number of hydrazone groups is 1. The van der Waals surface area contributed by atoms with Gasteiger partial charge in [0.15, 0.2) is 11.5 Å². The topological polar surface area (TPSA) is 37.3 Å². The Kier molecular flexibility index (Phi) is 4.76. The van der Waals surface area contributed by atoms with Crippen LogP contribution >= 0.6 is 27.5 Å².